The number of likely N-dealkylation sites (tertiary alicyclic amines) is 1. The zero-order chi connectivity index (χ0) is 17.3. The van der Waals surface area contributed by atoms with E-state index in [1.165, 1.54) is 11.0 Å². The smallest absolute Gasteiger partial charge is 0.271 e. The van der Waals surface area contributed by atoms with Gasteiger partial charge in [0.1, 0.15) is 6.04 Å². The fourth-order valence-corrected chi connectivity index (χ4v) is 2.68. The van der Waals surface area contributed by atoms with Crippen LogP contribution in [-0.4, -0.2) is 48.6 Å². The minimum absolute atomic E-state index is 0.0819. The zero-order valence-corrected chi connectivity index (χ0v) is 12.8. The van der Waals surface area contributed by atoms with Crippen molar-refractivity contribution in [3.63, 3.8) is 0 Å². The Kier molecular flexibility index (Phi) is 4.13. The standard InChI is InChI=1S/C16H16F2N2O4/c1-2-14(21)19-13-8-20(6-5-16(13,17)18)15(22)10-3-4-11-12(7-10)24-9-23-11/h2-4,7,13H,1,5-6,8-9H2,(H,19,21). The Morgan fingerprint density at radius 2 is 2.08 bits per heavy atom. The minimum Gasteiger partial charge on any atom is -0.454 e. The Balaban J connectivity index is 1.75. The Bertz CT molecular complexity index is 693. The first-order valence-electron chi connectivity index (χ1n) is 7.40. The number of amides is 2. The van der Waals surface area contributed by atoms with Crippen molar-refractivity contribution >= 4 is 11.8 Å². The third kappa shape index (κ3) is 3.04. The van der Waals surface area contributed by atoms with E-state index in [4.69, 9.17) is 9.47 Å². The molecule has 8 heteroatoms. The highest BCUT2D eigenvalue weighted by molar-refractivity contribution is 5.95. The molecular weight excluding hydrogens is 322 g/mol. The van der Waals surface area contributed by atoms with Crippen LogP contribution >= 0.6 is 0 Å². The normalized spacial score (nSPS) is 21.2. The first-order valence-corrected chi connectivity index (χ1v) is 7.40. The molecule has 1 N–H and O–H groups in total. The van der Waals surface area contributed by atoms with E-state index in [0.717, 1.165) is 6.08 Å². The van der Waals surface area contributed by atoms with E-state index in [2.05, 4.69) is 11.9 Å². The van der Waals surface area contributed by atoms with Gasteiger partial charge < -0.3 is 19.7 Å². The summed E-state index contributed by atoms with van der Waals surface area (Å²) >= 11 is 0. The van der Waals surface area contributed by atoms with Gasteiger partial charge in [0.25, 0.3) is 11.8 Å². The lowest BCUT2D eigenvalue weighted by Gasteiger charge is -2.38. The van der Waals surface area contributed by atoms with Gasteiger partial charge in [-0.05, 0) is 24.3 Å². The molecule has 2 amide bonds. The third-order valence-electron chi connectivity index (χ3n) is 4.04. The minimum atomic E-state index is -3.08. The van der Waals surface area contributed by atoms with E-state index in [9.17, 15) is 18.4 Å². The summed E-state index contributed by atoms with van der Waals surface area (Å²) in [6, 6.07) is 3.23. The lowest BCUT2D eigenvalue weighted by Crippen LogP contribution is -2.59. The summed E-state index contributed by atoms with van der Waals surface area (Å²) in [5.74, 6) is -3.20. The van der Waals surface area contributed by atoms with Gasteiger partial charge in [-0.25, -0.2) is 8.78 Å². The number of hydrogen-bond acceptors (Lipinski definition) is 4. The summed E-state index contributed by atoms with van der Waals surface area (Å²) in [4.78, 5) is 25.2. The van der Waals surface area contributed by atoms with Gasteiger partial charge in [0.05, 0.1) is 0 Å². The SMILES string of the molecule is C=CC(=O)NC1CN(C(=O)c2ccc3c(c2)OCO3)CCC1(F)F. The summed E-state index contributed by atoms with van der Waals surface area (Å²) in [6.45, 7) is 2.95. The van der Waals surface area contributed by atoms with Crippen LogP contribution in [-0.2, 0) is 4.79 Å². The van der Waals surface area contributed by atoms with E-state index in [0.29, 0.717) is 17.1 Å². The van der Waals surface area contributed by atoms with Gasteiger partial charge in [0.15, 0.2) is 11.5 Å². The fraction of sp³-hybridized carbons (Fsp3) is 0.375. The Labute approximate surface area is 137 Å². The molecule has 128 valence electrons. The predicted molar refractivity (Wildman–Crippen MR) is 80.2 cm³/mol. The van der Waals surface area contributed by atoms with Crippen LogP contribution in [0.2, 0.25) is 0 Å². The number of carbonyl (C=O) groups excluding carboxylic acids is 2. The average molecular weight is 338 g/mol. The number of rotatable bonds is 3. The summed E-state index contributed by atoms with van der Waals surface area (Å²) in [6.07, 6.45) is 0.403. The second-order valence-corrected chi connectivity index (χ2v) is 5.60. The second-order valence-electron chi connectivity index (χ2n) is 5.60. The summed E-state index contributed by atoms with van der Waals surface area (Å²) < 4.78 is 38.3. The molecule has 0 aliphatic carbocycles. The lowest BCUT2D eigenvalue weighted by molar-refractivity contribution is -0.124. The molecule has 1 unspecified atom stereocenters. The molecule has 0 bridgehead atoms. The van der Waals surface area contributed by atoms with Crippen LogP contribution in [0.5, 0.6) is 11.5 Å². The quantitative estimate of drug-likeness (QED) is 0.850. The summed E-state index contributed by atoms with van der Waals surface area (Å²) in [5, 5.41) is 2.19. The van der Waals surface area contributed by atoms with Crippen molar-refractivity contribution in [2.45, 2.75) is 18.4 Å². The molecule has 2 aliphatic heterocycles. The van der Waals surface area contributed by atoms with Crippen LogP contribution in [0.3, 0.4) is 0 Å². The highest BCUT2D eigenvalue weighted by atomic mass is 19.3. The maximum absolute atomic E-state index is 14.0. The van der Waals surface area contributed by atoms with E-state index >= 15 is 0 Å². The highest BCUT2D eigenvalue weighted by Crippen LogP contribution is 2.34. The van der Waals surface area contributed by atoms with Crippen LogP contribution in [0.4, 0.5) is 8.78 Å². The molecular formula is C16H16F2N2O4. The van der Waals surface area contributed by atoms with E-state index in [-0.39, 0.29) is 19.9 Å². The number of nitrogens with zero attached hydrogens (tertiary/aromatic N) is 1. The molecule has 3 rings (SSSR count). The Morgan fingerprint density at radius 3 is 2.83 bits per heavy atom. The largest absolute Gasteiger partial charge is 0.454 e. The zero-order valence-electron chi connectivity index (χ0n) is 12.8. The average Bonchev–Trinajstić information content (AvgIpc) is 3.03. The molecule has 0 aromatic heterocycles. The van der Waals surface area contributed by atoms with Crippen molar-refractivity contribution < 1.29 is 27.8 Å². The van der Waals surface area contributed by atoms with Crippen molar-refractivity contribution in [3.8, 4) is 11.5 Å². The molecule has 1 fully saturated rings. The number of nitrogens with one attached hydrogen (secondary N) is 1. The van der Waals surface area contributed by atoms with Crippen LogP contribution in [0.25, 0.3) is 0 Å². The number of halogens is 2. The van der Waals surface area contributed by atoms with Crippen molar-refractivity contribution in [2.75, 3.05) is 19.9 Å². The lowest BCUT2D eigenvalue weighted by atomic mass is 9.99. The molecule has 24 heavy (non-hydrogen) atoms. The van der Waals surface area contributed by atoms with Crippen LogP contribution in [0, 0.1) is 0 Å². The van der Waals surface area contributed by atoms with Crippen molar-refractivity contribution in [3.05, 3.63) is 36.4 Å². The maximum Gasteiger partial charge on any atom is 0.271 e. The van der Waals surface area contributed by atoms with Crippen molar-refractivity contribution in [2.24, 2.45) is 0 Å². The third-order valence-corrected chi connectivity index (χ3v) is 4.04. The number of alkyl halides is 2. The molecule has 1 atom stereocenters. The van der Waals surface area contributed by atoms with Gasteiger partial charge in [-0.2, -0.15) is 0 Å². The van der Waals surface area contributed by atoms with Crippen molar-refractivity contribution in [1.29, 1.82) is 0 Å². The number of ether oxygens (including phenoxy) is 2. The van der Waals surface area contributed by atoms with Crippen LogP contribution in [0.1, 0.15) is 16.8 Å². The molecule has 0 radical (unpaired) electrons. The number of benzene rings is 1. The number of piperidine rings is 1. The van der Waals surface area contributed by atoms with Crippen LogP contribution < -0.4 is 14.8 Å². The molecule has 2 aliphatic rings. The topological polar surface area (TPSA) is 67.9 Å². The predicted octanol–water partition coefficient (Wildman–Crippen LogP) is 1.57. The van der Waals surface area contributed by atoms with Gasteiger partial charge in [-0.3, -0.25) is 9.59 Å². The van der Waals surface area contributed by atoms with Gasteiger partial charge in [0.2, 0.25) is 12.7 Å². The Morgan fingerprint density at radius 1 is 1.33 bits per heavy atom. The fourth-order valence-electron chi connectivity index (χ4n) is 2.68. The maximum atomic E-state index is 14.0. The van der Waals surface area contributed by atoms with Gasteiger partial charge in [-0.1, -0.05) is 6.58 Å². The second kappa shape index (κ2) is 6.10. The van der Waals surface area contributed by atoms with Gasteiger partial charge in [0, 0.05) is 25.1 Å². The first-order chi connectivity index (χ1) is 11.4. The van der Waals surface area contributed by atoms with E-state index in [1.807, 2.05) is 0 Å². The number of hydrogen-bond donors (Lipinski definition) is 1. The summed E-state index contributed by atoms with van der Waals surface area (Å²) in [5.41, 5.74) is 0.318. The molecule has 1 aromatic carbocycles. The molecule has 6 nitrogen and oxygen atoms in total. The van der Waals surface area contributed by atoms with E-state index in [1.54, 1.807) is 12.1 Å². The molecule has 1 saturated heterocycles. The number of carbonyl (C=O) groups is 2. The molecule has 2 heterocycles. The van der Waals surface area contributed by atoms with Crippen LogP contribution in [0.15, 0.2) is 30.9 Å². The van der Waals surface area contributed by atoms with E-state index < -0.39 is 30.2 Å². The van der Waals surface area contributed by atoms with Gasteiger partial charge in [-0.15, -0.1) is 0 Å². The Hall–Kier alpha value is -2.64. The first kappa shape index (κ1) is 16.2. The molecule has 1 aromatic rings. The van der Waals surface area contributed by atoms with Crippen molar-refractivity contribution in [1.82, 2.24) is 10.2 Å². The number of fused-ring (bicyclic) bond motifs is 1. The molecule has 0 spiro atoms. The van der Waals surface area contributed by atoms with Gasteiger partial charge >= 0.3 is 0 Å². The highest BCUT2D eigenvalue weighted by Gasteiger charge is 2.45. The monoisotopic (exact) mass is 338 g/mol. The molecule has 0 saturated carbocycles. The summed E-state index contributed by atoms with van der Waals surface area (Å²) in [7, 11) is 0.